The van der Waals surface area contributed by atoms with E-state index in [1.807, 2.05) is 12.5 Å². The van der Waals surface area contributed by atoms with E-state index in [1.165, 1.54) is 42.5 Å². The molecule has 2 aliphatic carbocycles. The fourth-order valence-electron chi connectivity index (χ4n) is 5.02. The monoisotopic (exact) mass is 366 g/mol. The Kier molecular flexibility index (Phi) is 4.78. The van der Waals surface area contributed by atoms with Crippen LogP contribution in [0.4, 0.5) is 0 Å². The molecule has 2 aromatic rings. The van der Waals surface area contributed by atoms with Crippen molar-refractivity contribution in [2.45, 2.75) is 57.1 Å². The van der Waals surface area contributed by atoms with Gasteiger partial charge >= 0.3 is 0 Å². The van der Waals surface area contributed by atoms with Gasteiger partial charge in [-0.05, 0) is 68.3 Å². The highest BCUT2D eigenvalue weighted by atomic mass is 16.5. The highest BCUT2D eigenvalue weighted by Crippen LogP contribution is 2.43. The molecule has 4 heteroatoms. The van der Waals surface area contributed by atoms with Crippen LogP contribution in [0.3, 0.4) is 0 Å². The molecule has 0 amide bonds. The van der Waals surface area contributed by atoms with Crippen molar-refractivity contribution < 1.29 is 9.84 Å². The molecule has 1 aliphatic heterocycles. The van der Waals surface area contributed by atoms with Crippen LogP contribution in [0.2, 0.25) is 0 Å². The maximum absolute atomic E-state index is 11.0. The Labute approximate surface area is 161 Å². The third-order valence-electron chi connectivity index (χ3n) is 6.90. The minimum Gasteiger partial charge on any atom is -0.393 e. The van der Waals surface area contributed by atoms with Crippen LogP contribution in [0.25, 0.3) is 11.3 Å². The molecule has 5 rings (SSSR count). The van der Waals surface area contributed by atoms with Gasteiger partial charge in [-0.1, -0.05) is 24.3 Å². The topological polar surface area (TPSA) is 47.3 Å². The van der Waals surface area contributed by atoms with Gasteiger partial charge in [-0.15, -0.1) is 0 Å². The molecule has 2 saturated carbocycles. The molecule has 27 heavy (non-hydrogen) atoms. The molecule has 1 aromatic carbocycles. The van der Waals surface area contributed by atoms with Crippen LogP contribution in [0.15, 0.2) is 36.8 Å². The van der Waals surface area contributed by atoms with Gasteiger partial charge in [0.05, 0.1) is 30.4 Å². The normalized spacial score (nSPS) is 28.0. The molecule has 0 bridgehead atoms. The van der Waals surface area contributed by atoms with Gasteiger partial charge in [0.1, 0.15) is 0 Å². The van der Waals surface area contributed by atoms with Crippen molar-refractivity contribution in [1.29, 1.82) is 0 Å². The Morgan fingerprint density at radius 3 is 2.48 bits per heavy atom. The number of imidazole rings is 1. The standard InChI is InChI=1S/C23H30N2O2/c26-23(18-9-7-17(8-10-18)14-27-13-16-5-6-16)11-21-19-3-1-2-4-20(19)22-12-24-15-25(21)22/h1-4,12,15-18,21,23,26H,5-11,13-14H2. The summed E-state index contributed by atoms with van der Waals surface area (Å²) in [6, 6.07) is 8.77. The van der Waals surface area contributed by atoms with Crippen LogP contribution in [0.5, 0.6) is 0 Å². The van der Waals surface area contributed by atoms with Gasteiger partial charge in [-0.3, -0.25) is 0 Å². The fraction of sp³-hybridized carbons (Fsp3) is 0.609. The Morgan fingerprint density at radius 1 is 1.04 bits per heavy atom. The molecule has 1 N–H and O–H groups in total. The van der Waals surface area contributed by atoms with Gasteiger partial charge < -0.3 is 14.4 Å². The molecule has 4 nitrogen and oxygen atoms in total. The molecular weight excluding hydrogens is 336 g/mol. The number of ether oxygens (including phenoxy) is 1. The second-order valence-corrected chi connectivity index (χ2v) is 8.85. The minimum atomic E-state index is -0.246. The molecule has 2 fully saturated rings. The average molecular weight is 367 g/mol. The van der Waals surface area contributed by atoms with Gasteiger partial charge in [0.25, 0.3) is 0 Å². The zero-order valence-corrected chi connectivity index (χ0v) is 16.0. The Hall–Kier alpha value is -1.65. The summed E-state index contributed by atoms with van der Waals surface area (Å²) in [6.45, 7) is 1.89. The summed E-state index contributed by atoms with van der Waals surface area (Å²) in [6.07, 6.45) is 11.8. The van der Waals surface area contributed by atoms with Crippen LogP contribution in [-0.2, 0) is 4.74 Å². The van der Waals surface area contributed by atoms with E-state index in [4.69, 9.17) is 4.74 Å². The third kappa shape index (κ3) is 3.57. The Morgan fingerprint density at radius 2 is 1.74 bits per heavy atom. The molecule has 2 heterocycles. The summed E-state index contributed by atoms with van der Waals surface area (Å²) >= 11 is 0. The maximum atomic E-state index is 11.0. The Balaban J connectivity index is 1.17. The molecule has 0 spiro atoms. The SMILES string of the molecule is OC(CC1c2ccccc2-c2cncn21)C1CCC(COCC2CC2)CC1. The molecule has 0 radical (unpaired) electrons. The van der Waals surface area contributed by atoms with E-state index in [2.05, 4.69) is 33.8 Å². The number of benzene rings is 1. The van der Waals surface area contributed by atoms with E-state index in [9.17, 15) is 5.11 Å². The lowest BCUT2D eigenvalue weighted by Gasteiger charge is -2.32. The minimum absolute atomic E-state index is 0.216. The van der Waals surface area contributed by atoms with Gasteiger partial charge in [0.15, 0.2) is 0 Å². The molecule has 3 aliphatic rings. The second kappa shape index (κ2) is 7.40. The molecule has 2 atom stereocenters. The summed E-state index contributed by atoms with van der Waals surface area (Å²) in [5.74, 6) is 1.97. The molecular formula is C23H30N2O2. The predicted octanol–water partition coefficient (Wildman–Crippen LogP) is 4.44. The zero-order chi connectivity index (χ0) is 18.2. The highest BCUT2D eigenvalue weighted by Gasteiger charge is 2.33. The van der Waals surface area contributed by atoms with E-state index in [-0.39, 0.29) is 12.1 Å². The van der Waals surface area contributed by atoms with Crippen LogP contribution in [-0.4, -0.2) is 34.0 Å². The smallest absolute Gasteiger partial charge is 0.0956 e. The van der Waals surface area contributed by atoms with Gasteiger partial charge in [0, 0.05) is 18.8 Å². The number of hydrogen-bond acceptors (Lipinski definition) is 3. The van der Waals surface area contributed by atoms with Crippen molar-refractivity contribution in [3.63, 3.8) is 0 Å². The quantitative estimate of drug-likeness (QED) is 0.788. The first-order valence-electron chi connectivity index (χ1n) is 10.7. The number of aliphatic hydroxyl groups excluding tert-OH is 1. The average Bonchev–Trinajstić information content (AvgIpc) is 3.31. The van der Waals surface area contributed by atoms with Crippen LogP contribution < -0.4 is 0 Å². The van der Waals surface area contributed by atoms with Crippen molar-refractivity contribution >= 4 is 0 Å². The van der Waals surface area contributed by atoms with Crippen molar-refractivity contribution in [2.75, 3.05) is 13.2 Å². The second-order valence-electron chi connectivity index (χ2n) is 8.85. The summed E-state index contributed by atoms with van der Waals surface area (Å²) in [5.41, 5.74) is 3.78. The van der Waals surface area contributed by atoms with Crippen LogP contribution in [0.1, 0.15) is 56.6 Å². The largest absolute Gasteiger partial charge is 0.393 e. The lowest BCUT2D eigenvalue weighted by molar-refractivity contribution is 0.0325. The van der Waals surface area contributed by atoms with Crippen LogP contribution >= 0.6 is 0 Å². The van der Waals surface area contributed by atoms with Gasteiger partial charge in [-0.25, -0.2) is 4.98 Å². The third-order valence-corrected chi connectivity index (χ3v) is 6.90. The molecule has 0 saturated heterocycles. The van der Waals surface area contributed by atoms with Gasteiger partial charge in [-0.2, -0.15) is 0 Å². The summed E-state index contributed by atoms with van der Waals surface area (Å²) in [4.78, 5) is 4.34. The number of nitrogens with zero attached hydrogens (tertiary/aromatic N) is 2. The van der Waals surface area contributed by atoms with E-state index in [0.717, 1.165) is 38.4 Å². The van der Waals surface area contributed by atoms with E-state index in [1.54, 1.807) is 0 Å². The number of fused-ring (bicyclic) bond motifs is 3. The number of aromatic nitrogens is 2. The summed E-state index contributed by atoms with van der Waals surface area (Å²) in [7, 11) is 0. The summed E-state index contributed by atoms with van der Waals surface area (Å²) < 4.78 is 8.14. The van der Waals surface area contributed by atoms with E-state index >= 15 is 0 Å². The molecule has 1 aromatic heterocycles. The fourth-order valence-corrected chi connectivity index (χ4v) is 5.02. The van der Waals surface area contributed by atoms with Crippen LogP contribution in [0, 0.1) is 17.8 Å². The van der Waals surface area contributed by atoms with Crippen molar-refractivity contribution in [1.82, 2.24) is 9.55 Å². The predicted molar refractivity (Wildman–Crippen MR) is 105 cm³/mol. The first-order chi connectivity index (χ1) is 13.3. The summed E-state index contributed by atoms with van der Waals surface area (Å²) in [5, 5.41) is 11.0. The number of rotatable bonds is 7. The lowest BCUT2D eigenvalue weighted by Crippen LogP contribution is -2.29. The molecule has 144 valence electrons. The van der Waals surface area contributed by atoms with Crippen molar-refractivity contribution in [3.8, 4) is 11.3 Å². The molecule has 2 unspecified atom stereocenters. The van der Waals surface area contributed by atoms with Crippen molar-refractivity contribution in [2.24, 2.45) is 17.8 Å². The zero-order valence-electron chi connectivity index (χ0n) is 16.0. The first kappa shape index (κ1) is 17.4. The lowest BCUT2D eigenvalue weighted by atomic mass is 9.78. The van der Waals surface area contributed by atoms with Gasteiger partial charge in [0.2, 0.25) is 0 Å². The number of aliphatic hydroxyl groups is 1. The highest BCUT2D eigenvalue weighted by molar-refractivity contribution is 5.68. The maximum Gasteiger partial charge on any atom is 0.0956 e. The van der Waals surface area contributed by atoms with Crippen molar-refractivity contribution in [3.05, 3.63) is 42.4 Å². The Bertz CT molecular complexity index is 774. The van der Waals surface area contributed by atoms with E-state index in [0.29, 0.717) is 11.8 Å². The van der Waals surface area contributed by atoms with E-state index < -0.39 is 0 Å². The number of hydrogen-bond donors (Lipinski definition) is 1. The first-order valence-corrected chi connectivity index (χ1v) is 10.7.